The quantitative estimate of drug-likeness (QED) is 0.862. The minimum Gasteiger partial charge on any atom is -0.476 e. The fraction of sp³-hybridized carbons (Fsp3) is 0.706. The molecule has 1 aromatic heterocycles. The largest absolute Gasteiger partial charge is 0.476 e. The molecule has 1 fully saturated rings. The van der Waals surface area contributed by atoms with Gasteiger partial charge in [0.15, 0.2) is 0 Å². The topological polar surface area (TPSA) is 60.2 Å². The Kier molecular flexibility index (Phi) is 5.32. The van der Waals surface area contributed by atoms with Crippen LogP contribution in [0.2, 0.25) is 0 Å². The number of aromatic nitrogens is 1. The Morgan fingerprint density at radius 2 is 2.10 bits per heavy atom. The maximum absolute atomic E-state index is 5.94. The molecular weight excluding hydrogens is 262 g/mol. The molecule has 0 saturated heterocycles. The summed E-state index contributed by atoms with van der Waals surface area (Å²) in [5.41, 5.74) is 6.55. The highest BCUT2D eigenvalue weighted by Crippen LogP contribution is 2.32. The van der Waals surface area contributed by atoms with Crippen LogP contribution in [0.15, 0.2) is 12.1 Å². The van der Waals surface area contributed by atoms with Crippen molar-refractivity contribution in [3.8, 4) is 5.88 Å². The fourth-order valence-corrected chi connectivity index (χ4v) is 2.87. The molecule has 4 heteroatoms. The summed E-state index contributed by atoms with van der Waals surface area (Å²) in [6, 6.07) is 4.31. The van der Waals surface area contributed by atoms with Crippen LogP contribution in [0, 0.1) is 17.8 Å². The van der Waals surface area contributed by atoms with E-state index < -0.39 is 0 Å². The van der Waals surface area contributed by atoms with E-state index in [4.69, 9.17) is 10.5 Å². The average molecular weight is 291 g/mol. The summed E-state index contributed by atoms with van der Waals surface area (Å²) in [6.07, 6.45) is 3.83. The SMILES string of the molecule is CC(C)COc1nc(NC2CCCC(C)C2C)ccc1N. The van der Waals surface area contributed by atoms with Gasteiger partial charge in [0.25, 0.3) is 0 Å². The second kappa shape index (κ2) is 7.01. The summed E-state index contributed by atoms with van der Waals surface area (Å²) < 4.78 is 5.70. The number of pyridine rings is 1. The number of hydrogen-bond acceptors (Lipinski definition) is 4. The van der Waals surface area contributed by atoms with E-state index in [2.05, 4.69) is 38.0 Å². The highest BCUT2D eigenvalue weighted by molar-refractivity contribution is 5.53. The van der Waals surface area contributed by atoms with Gasteiger partial charge in [-0.3, -0.25) is 0 Å². The third-order valence-electron chi connectivity index (χ3n) is 4.48. The van der Waals surface area contributed by atoms with E-state index in [-0.39, 0.29) is 0 Å². The Bertz CT molecular complexity index is 461. The number of nitrogens with two attached hydrogens (primary N) is 1. The minimum atomic E-state index is 0.460. The van der Waals surface area contributed by atoms with Crippen molar-refractivity contribution in [3.63, 3.8) is 0 Å². The number of hydrogen-bond donors (Lipinski definition) is 2. The number of ether oxygens (including phenoxy) is 1. The van der Waals surface area contributed by atoms with Crippen LogP contribution in [0.25, 0.3) is 0 Å². The van der Waals surface area contributed by atoms with E-state index in [1.165, 1.54) is 19.3 Å². The number of anilines is 2. The average Bonchev–Trinajstić information content (AvgIpc) is 2.44. The summed E-state index contributed by atoms with van der Waals surface area (Å²) in [6.45, 7) is 9.53. The zero-order valence-electron chi connectivity index (χ0n) is 13.7. The second-order valence-electron chi connectivity index (χ2n) is 6.81. The highest BCUT2D eigenvalue weighted by atomic mass is 16.5. The molecule has 2 rings (SSSR count). The van der Waals surface area contributed by atoms with Gasteiger partial charge < -0.3 is 15.8 Å². The van der Waals surface area contributed by atoms with Gasteiger partial charge in [-0.25, -0.2) is 0 Å². The fourth-order valence-electron chi connectivity index (χ4n) is 2.87. The standard InChI is InChI=1S/C17H29N3O/c1-11(2)10-21-17-14(18)8-9-16(20-17)19-15-7-5-6-12(3)13(15)4/h8-9,11-13,15H,5-7,10,18H2,1-4H3,(H,19,20). The van der Waals surface area contributed by atoms with E-state index in [9.17, 15) is 0 Å². The predicted octanol–water partition coefficient (Wildman–Crippen LogP) is 3.94. The molecule has 1 aliphatic rings. The lowest BCUT2D eigenvalue weighted by Gasteiger charge is -2.35. The molecule has 0 radical (unpaired) electrons. The van der Waals surface area contributed by atoms with Gasteiger partial charge in [0.05, 0.1) is 12.3 Å². The number of rotatable bonds is 5. The van der Waals surface area contributed by atoms with Crippen LogP contribution in [0.4, 0.5) is 11.5 Å². The first-order valence-corrected chi connectivity index (χ1v) is 8.13. The first-order valence-electron chi connectivity index (χ1n) is 8.13. The van der Waals surface area contributed by atoms with Gasteiger partial charge in [0.2, 0.25) is 5.88 Å². The molecular formula is C17H29N3O. The zero-order valence-corrected chi connectivity index (χ0v) is 13.7. The molecule has 1 aromatic rings. The van der Waals surface area contributed by atoms with Crippen LogP contribution >= 0.6 is 0 Å². The second-order valence-corrected chi connectivity index (χ2v) is 6.81. The van der Waals surface area contributed by atoms with Crippen molar-refractivity contribution in [1.29, 1.82) is 0 Å². The van der Waals surface area contributed by atoms with Crippen molar-refractivity contribution in [3.05, 3.63) is 12.1 Å². The molecule has 0 amide bonds. The summed E-state index contributed by atoms with van der Waals surface area (Å²) in [4.78, 5) is 4.54. The van der Waals surface area contributed by atoms with Crippen molar-refractivity contribution in [1.82, 2.24) is 4.98 Å². The Hall–Kier alpha value is -1.45. The molecule has 0 aliphatic heterocycles. The van der Waals surface area contributed by atoms with Gasteiger partial charge in [-0.2, -0.15) is 4.98 Å². The minimum absolute atomic E-state index is 0.460. The maximum atomic E-state index is 5.94. The summed E-state index contributed by atoms with van der Waals surface area (Å²) >= 11 is 0. The number of nitrogens with one attached hydrogen (secondary N) is 1. The van der Waals surface area contributed by atoms with Crippen molar-refractivity contribution in [2.24, 2.45) is 17.8 Å². The smallest absolute Gasteiger partial charge is 0.239 e. The van der Waals surface area contributed by atoms with Crippen LogP contribution in [0.3, 0.4) is 0 Å². The zero-order chi connectivity index (χ0) is 15.4. The molecule has 4 nitrogen and oxygen atoms in total. The number of nitrogen functional groups attached to an aromatic ring is 1. The third-order valence-corrected chi connectivity index (χ3v) is 4.48. The molecule has 0 aromatic carbocycles. The Labute approximate surface area is 128 Å². The Morgan fingerprint density at radius 3 is 2.81 bits per heavy atom. The number of nitrogens with zero attached hydrogens (tertiary/aromatic N) is 1. The predicted molar refractivity (Wildman–Crippen MR) is 88.6 cm³/mol. The third kappa shape index (κ3) is 4.26. The van der Waals surface area contributed by atoms with Crippen LogP contribution in [-0.2, 0) is 0 Å². The maximum Gasteiger partial charge on any atom is 0.239 e. The summed E-state index contributed by atoms with van der Waals surface area (Å²) in [5, 5.41) is 3.57. The molecule has 21 heavy (non-hydrogen) atoms. The molecule has 3 N–H and O–H groups in total. The lowest BCUT2D eigenvalue weighted by atomic mass is 9.78. The van der Waals surface area contributed by atoms with E-state index in [1.54, 1.807) is 0 Å². The summed E-state index contributed by atoms with van der Waals surface area (Å²) in [5.74, 6) is 3.31. The van der Waals surface area contributed by atoms with Crippen LogP contribution in [0.5, 0.6) is 5.88 Å². The molecule has 0 spiro atoms. The van der Waals surface area contributed by atoms with Gasteiger partial charge in [-0.1, -0.05) is 40.5 Å². The van der Waals surface area contributed by atoms with Crippen LogP contribution in [0.1, 0.15) is 47.0 Å². The Balaban J connectivity index is 2.04. The van der Waals surface area contributed by atoms with Crippen molar-refractivity contribution >= 4 is 11.5 Å². The van der Waals surface area contributed by atoms with Gasteiger partial charge in [-0.15, -0.1) is 0 Å². The van der Waals surface area contributed by atoms with E-state index in [0.29, 0.717) is 36.1 Å². The highest BCUT2D eigenvalue weighted by Gasteiger charge is 2.27. The van der Waals surface area contributed by atoms with Crippen LogP contribution in [-0.4, -0.2) is 17.6 Å². The van der Waals surface area contributed by atoms with Gasteiger partial charge in [0, 0.05) is 6.04 Å². The molecule has 1 heterocycles. The van der Waals surface area contributed by atoms with E-state index >= 15 is 0 Å². The Morgan fingerprint density at radius 1 is 1.33 bits per heavy atom. The van der Waals surface area contributed by atoms with Crippen molar-refractivity contribution in [2.75, 3.05) is 17.7 Å². The monoisotopic (exact) mass is 291 g/mol. The molecule has 1 aliphatic carbocycles. The van der Waals surface area contributed by atoms with Crippen molar-refractivity contribution < 1.29 is 4.74 Å². The molecule has 3 atom stereocenters. The van der Waals surface area contributed by atoms with E-state index in [1.807, 2.05) is 12.1 Å². The molecule has 3 unspecified atom stereocenters. The summed E-state index contributed by atoms with van der Waals surface area (Å²) in [7, 11) is 0. The lowest BCUT2D eigenvalue weighted by Crippen LogP contribution is -2.35. The van der Waals surface area contributed by atoms with Gasteiger partial charge >= 0.3 is 0 Å². The molecule has 1 saturated carbocycles. The van der Waals surface area contributed by atoms with Crippen LogP contribution < -0.4 is 15.8 Å². The normalized spacial score (nSPS) is 25.9. The first-order chi connectivity index (χ1) is 9.97. The van der Waals surface area contributed by atoms with Gasteiger partial charge in [-0.05, 0) is 36.3 Å². The molecule has 118 valence electrons. The van der Waals surface area contributed by atoms with Crippen molar-refractivity contribution in [2.45, 2.75) is 53.0 Å². The van der Waals surface area contributed by atoms with E-state index in [0.717, 1.165) is 11.7 Å². The lowest BCUT2D eigenvalue weighted by molar-refractivity contribution is 0.251. The van der Waals surface area contributed by atoms with Gasteiger partial charge in [0.1, 0.15) is 5.82 Å². The molecule has 0 bridgehead atoms. The first kappa shape index (κ1) is 15.9.